The van der Waals surface area contributed by atoms with Crippen molar-refractivity contribution >= 4 is 39.7 Å². The average Bonchev–Trinajstić information content (AvgIpc) is 3.03. The van der Waals surface area contributed by atoms with Crippen LogP contribution in [0.1, 0.15) is 20.8 Å². The second-order valence-electron chi connectivity index (χ2n) is 5.57. The highest BCUT2D eigenvalue weighted by Crippen LogP contribution is 2.30. The van der Waals surface area contributed by atoms with E-state index in [-0.39, 0.29) is 11.6 Å². The summed E-state index contributed by atoms with van der Waals surface area (Å²) in [6, 6.07) is 14.8. The molecule has 3 N–H and O–H groups in total. The Morgan fingerprint density at radius 3 is 2.69 bits per heavy atom. The van der Waals surface area contributed by atoms with Crippen LogP contribution in [-0.4, -0.2) is 24.4 Å². The average molecular weight is 388 g/mol. The number of nitrogens with zero attached hydrogens (tertiary/aromatic N) is 1. The first-order chi connectivity index (χ1) is 12.6. The normalized spacial score (nSPS) is 10.5. The molecule has 0 amide bonds. The summed E-state index contributed by atoms with van der Waals surface area (Å²) in [5.41, 5.74) is 7.59. The Balaban J connectivity index is 1.68. The zero-order valence-electron chi connectivity index (χ0n) is 14.2. The van der Waals surface area contributed by atoms with Crippen LogP contribution < -0.4 is 15.8 Å². The SMILES string of the molecule is COc1ccccc1C(=O)c1sc(NCCc2ccc(Cl)cc2)nc1N. The van der Waals surface area contributed by atoms with Gasteiger partial charge in [-0.1, -0.05) is 47.2 Å². The monoisotopic (exact) mass is 387 g/mol. The number of carbonyl (C=O) groups is 1. The molecule has 7 heteroatoms. The standard InChI is InChI=1S/C19H18ClN3O2S/c1-25-15-5-3-2-4-14(15)16(24)17-18(21)23-19(26-17)22-11-10-12-6-8-13(20)9-7-12/h2-9H,10-11,21H2,1H3,(H,22,23). The summed E-state index contributed by atoms with van der Waals surface area (Å²) in [5, 5.41) is 4.55. The zero-order valence-corrected chi connectivity index (χ0v) is 15.7. The van der Waals surface area contributed by atoms with Crippen molar-refractivity contribution in [1.82, 2.24) is 4.98 Å². The number of nitrogens with two attached hydrogens (primary N) is 1. The van der Waals surface area contributed by atoms with E-state index < -0.39 is 0 Å². The minimum Gasteiger partial charge on any atom is -0.496 e. The van der Waals surface area contributed by atoms with Gasteiger partial charge in [0, 0.05) is 11.6 Å². The van der Waals surface area contributed by atoms with Gasteiger partial charge in [-0.3, -0.25) is 4.79 Å². The molecule has 5 nitrogen and oxygen atoms in total. The van der Waals surface area contributed by atoms with Gasteiger partial charge in [0.25, 0.3) is 0 Å². The topological polar surface area (TPSA) is 77.2 Å². The van der Waals surface area contributed by atoms with E-state index in [9.17, 15) is 4.79 Å². The summed E-state index contributed by atoms with van der Waals surface area (Å²) in [5.74, 6) is 0.547. The molecule has 0 saturated heterocycles. The van der Waals surface area contributed by atoms with Crippen LogP contribution >= 0.6 is 22.9 Å². The number of aromatic nitrogens is 1. The molecule has 0 saturated carbocycles. The van der Waals surface area contributed by atoms with Crippen LogP contribution in [0.3, 0.4) is 0 Å². The fourth-order valence-electron chi connectivity index (χ4n) is 2.49. The number of hydrogen-bond acceptors (Lipinski definition) is 6. The lowest BCUT2D eigenvalue weighted by atomic mass is 10.1. The number of halogens is 1. The Morgan fingerprint density at radius 2 is 1.96 bits per heavy atom. The number of benzene rings is 2. The van der Waals surface area contributed by atoms with Gasteiger partial charge in [0.15, 0.2) is 5.13 Å². The maximum absolute atomic E-state index is 12.8. The quantitative estimate of drug-likeness (QED) is 0.592. The molecular weight excluding hydrogens is 370 g/mol. The summed E-state index contributed by atoms with van der Waals surface area (Å²) < 4.78 is 5.25. The van der Waals surface area contributed by atoms with Crippen LogP contribution in [0.2, 0.25) is 5.02 Å². The number of ketones is 1. The summed E-state index contributed by atoms with van der Waals surface area (Å²) >= 11 is 7.13. The molecule has 0 atom stereocenters. The summed E-state index contributed by atoms with van der Waals surface area (Å²) in [7, 11) is 1.53. The molecule has 0 spiro atoms. The van der Waals surface area contributed by atoms with Crippen molar-refractivity contribution in [2.45, 2.75) is 6.42 Å². The van der Waals surface area contributed by atoms with Gasteiger partial charge in [-0.25, -0.2) is 4.98 Å². The number of ether oxygens (including phenoxy) is 1. The summed E-state index contributed by atoms with van der Waals surface area (Å²) in [4.78, 5) is 17.4. The Kier molecular flexibility index (Phi) is 5.75. The summed E-state index contributed by atoms with van der Waals surface area (Å²) in [6.45, 7) is 0.677. The molecule has 1 heterocycles. The number of methoxy groups -OCH3 is 1. The molecule has 26 heavy (non-hydrogen) atoms. The second kappa shape index (κ2) is 8.21. The van der Waals surface area contributed by atoms with Gasteiger partial charge in [-0.15, -0.1) is 0 Å². The van der Waals surface area contributed by atoms with Crippen molar-refractivity contribution in [3.8, 4) is 5.75 Å². The first kappa shape index (κ1) is 18.2. The molecule has 3 rings (SSSR count). The van der Waals surface area contributed by atoms with Gasteiger partial charge in [0.1, 0.15) is 16.4 Å². The number of hydrogen-bond donors (Lipinski definition) is 2. The first-order valence-corrected chi connectivity index (χ1v) is 9.20. The molecular formula is C19H18ClN3O2S. The van der Waals surface area contributed by atoms with E-state index in [1.165, 1.54) is 18.4 Å². The van der Waals surface area contributed by atoms with E-state index in [4.69, 9.17) is 22.1 Å². The van der Waals surface area contributed by atoms with Crippen LogP contribution in [0.4, 0.5) is 10.9 Å². The lowest BCUT2D eigenvalue weighted by Gasteiger charge is -2.05. The van der Waals surface area contributed by atoms with Gasteiger partial charge in [-0.2, -0.15) is 0 Å². The van der Waals surface area contributed by atoms with E-state index in [0.717, 1.165) is 12.0 Å². The van der Waals surface area contributed by atoms with Crippen molar-refractivity contribution in [3.05, 3.63) is 69.6 Å². The molecule has 1 aromatic heterocycles. The minimum atomic E-state index is -0.191. The number of nitrogen functional groups attached to an aromatic ring is 1. The van der Waals surface area contributed by atoms with E-state index in [2.05, 4.69) is 10.3 Å². The largest absolute Gasteiger partial charge is 0.496 e. The lowest BCUT2D eigenvalue weighted by Crippen LogP contribution is -2.04. The van der Waals surface area contributed by atoms with Crippen LogP contribution in [0.5, 0.6) is 5.75 Å². The minimum absolute atomic E-state index is 0.191. The van der Waals surface area contributed by atoms with E-state index in [0.29, 0.717) is 32.9 Å². The Hall–Kier alpha value is -2.57. The van der Waals surface area contributed by atoms with Gasteiger partial charge in [-0.05, 0) is 36.2 Å². The zero-order chi connectivity index (χ0) is 18.5. The first-order valence-electron chi connectivity index (χ1n) is 8.01. The van der Waals surface area contributed by atoms with Gasteiger partial charge in [0.2, 0.25) is 5.78 Å². The highest BCUT2D eigenvalue weighted by Gasteiger charge is 2.20. The van der Waals surface area contributed by atoms with Crippen LogP contribution in [-0.2, 0) is 6.42 Å². The highest BCUT2D eigenvalue weighted by molar-refractivity contribution is 7.18. The number of rotatable bonds is 7. The Labute approximate surface area is 160 Å². The van der Waals surface area contributed by atoms with Crippen molar-refractivity contribution in [1.29, 1.82) is 0 Å². The molecule has 134 valence electrons. The molecule has 0 aliphatic rings. The predicted octanol–water partition coefficient (Wildman–Crippen LogP) is 4.27. The third kappa shape index (κ3) is 4.15. The predicted molar refractivity (Wildman–Crippen MR) is 107 cm³/mol. The van der Waals surface area contributed by atoms with Crippen LogP contribution in [0, 0.1) is 0 Å². The maximum atomic E-state index is 12.8. The number of anilines is 2. The number of thiazole rings is 1. The molecule has 0 unspecified atom stereocenters. The highest BCUT2D eigenvalue weighted by atomic mass is 35.5. The molecule has 0 aliphatic heterocycles. The molecule has 2 aromatic carbocycles. The number of nitrogens with one attached hydrogen (secondary N) is 1. The van der Waals surface area contributed by atoms with Crippen molar-refractivity contribution < 1.29 is 9.53 Å². The molecule has 0 fully saturated rings. The third-order valence-corrected chi connectivity index (χ3v) is 5.09. The molecule has 0 bridgehead atoms. The maximum Gasteiger partial charge on any atom is 0.210 e. The number of para-hydroxylation sites is 1. The van der Waals surface area contributed by atoms with Gasteiger partial charge in [0.05, 0.1) is 12.7 Å². The lowest BCUT2D eigenvalue weighted by molar-refractivity contribution is 0.104. The van der Waals surface area contributed by atoms with Crippen molar-refractivity contribution in [3.63, 3.8) is 0 Å². The molecule has 0 aliphatic carbocycles. The Morgan fingerprint density at radius 1 is 1.23 bits per heavy atom. The van der Waals surface area contributed by atoms with Crippen molar-refractivity contribution in [2.24, 2.45) is 0 Å². The summed E-state index contributed by atoms with van der Waals surface area (Å²) in [6.07, 6.45) is 0.812. The second-order valence-corrected chi connectivity index (χ2v) is 7.00. The van der Waals surface area contributed by atoms with Crippen molar-refractivity contribution in [2.75, 3.05) is 24.7 Å². The fourth-order valence-corrected chi connectivity index (χ4v) is 3.48. The van der Waals surface area contributed by atoms with Gasteiger partial charge >= 0.3 is 0 Å². The van der Waals surface area contributed by atoms with E-state index in [1.807, 2.05) is 30.3 Å². The number of carbonyl (C=O) groups excluding carboxylic acids is 1. The van der Waals surface area contributed by atoms with Crippen LogP contribution in [0.25, 0.3) is 0 Å². The van der Waals surface area contributed by atoms with E-state index in [1.54, 1.807) is 18.2 Å². The van der Waals surface area contributed by atoms with E-state index >= 15 is 0 Å². The third-order valence-electron chi connectivity index (χ3n) is 3.81. The Bertz CT molecular complexity index is 909. The van der Waals surface area contributed by atoms with Gasteiger partial charge < -0.3 is 15.8 Å². The molecule has 3 aromatic rings. The smallest absolute Gasteiger partial charge is 0.210 e. The molecule has 0 radical (unpaired) electrons. The van der Waals surface area contributed by atoms with Crippen LogP contribution in [0.15, 0.2) is 48.5 Å². The fraction of sp³-hybridized carbons (Fsp3) is 0.158.